The molecule has 1 fully saturated rings. The molecule has 0 spiro atoms. The Morgan fingerprint density at radius 3 is 2.53 bits per heavy atom. The standard InChI is InChI=1S/C14H18N2O3/c17-13(10-16-8-4-1-5-9-16)15-12-7-3-2-6-11(12)14(18)19/h2-3,6-7H,1,4-5,8-10H2,(H,15,17)(H,18,19). The van der Waals surface area contributed by atoms with Crippen LogP contribution in [0.25, 0.3) is 0 Å². The van der Waals surface area contributed by atoms with Crippen LogP contribution in [-0.2, 0) is 4.79 Å². The third kappa shape index (κ3) is 3.79. The van der Waals surface area contributed by atoms with E-state index in [4.69, 9.17) is 5.11 Å². The molecule has 102 valence electrons. The first kappa shape index (κ1) is 13.5. The van der Waals surface area contributed by atoms with Crippen LogP contribution in [0.3, 0.4) is 0 Å². The van der Waals surface area contributed by atoms with Gasteiger partial charge in [0.2, 0.25) is 5.91 Å². The molecule has 19 heavy (non-hydrogen) atoms. The minimum Gasteiger partial charge on any atom is -0.478 e. The first-order valence-electron chi connectivity index (χ1n) is 6.51. The molecule has 1 aromatic rings. The highest BCUT2D eigenvalue weighted by molar-refractivity contribution is 6.01. The summed E-state index contributed by atoms with van der Waals surface area (Å²) in [7, 11) is 0. The Morgan fingerprint density at radius 2 is 1.84 bits per heavy atom. The number of carbonyl (C=O) groups excluding carboxylic acids is 1. The second-order valence-electron chi connectivity index (χ2n) is 4.74. The van der Waals surface area contributed by atoms with Gasteiger partial charge in [0.15, 0.2) is 0 Å². The highest BCUT2D eigenvalue weighted by Crippen LogP contribution is 2.15. The second kappa shape index (κ2) is 6.33. The number of piperidine rings is 1. The Morgan fingerprint density at radius 1 is 1.16 bits per heavy atom. The molecule has 2 rings (SSSR count). The third-order valence-electron chi connectivity index (χ3n) is 3.25. The number of carbonyl (C=O) groups is 2. The Bertz CT molecular complexity index is 468. The van der Waals surface area contributed by atoms with Gasteiger partial charge in [-0.3, -0.25) is 9.69 Å². The zero-order chi connectivity index (χ0) is 13.7. The molecule has 1 amide bonds. The van der Waals surface area contributed by atoms with Crippen LogP contribution in [0.4, 0.5) is 5.69 Å². The number of hydrogen-bond acceptors (Lipinski definition) is 3. The van der Waals surface area contributed by atoms with Crippen LogP contribution in [0.1, 0.15) is 29.6 Å². The molecule has 0 atom stereocenters. The van der Waals surface area contributed by atoms with E-state index in [1.807, 2.05) is 0 Å². The maximum Gasteiger partial charge on any atom is 0.337 e. The van der Waals surface area contributed by atoms with Gasteiger partial charge in [0.05, 0.1) is 17.8 Å². The number of benzene rings is 1. The molecule has 1 aliphatic rings. The highest BCUT2D eigenvalue weighted by Gasteiger charge is 2.16. The number of hydrogen-bond donors (Lipinski definition) is 2. The summed E-state index contributed by atoms with van der Waals surface area (Å²) in [6.07, 6.45) is 3.47. The Hall–Kier alpha value is -1.88. The average Bonchev–Trinajstić information content (AvgIpc) is 2.40. The molecule has 0 bridgehead atoms. The fourth-order valence-electron chi connectivity index (χ4n) is 2.29. The monoisotopic (exact) mass is 262 g/mol. The summed E-state index contributed by atoms with van der Waals surface area (Å²) in [5.41, 5.74) is 0.478. The van der Waals surface area contributed by atoms with E-state index in [2.05, 4.69) is 10.2 Å². The maximum atomic E-state index is 11.9. The van der Waals surface area contributed by atoms with E-state index in [1.165, 1.54) is 12.5 Å². The van der Waals surface area contributed by atoms with Crippen LogP contribution < -0.4 is 5.32 Å². The molecule has 0 saturated carbocycles. The summed E-state index contributed by atoms with van der Waals surface area (Å²) in [5, 5.41) is 11.7. The highest BCUT2D eigenvalue weighted by atomic mass is 16.4. The molecule has 5 nitrogen and oxygen atoms in total. The number of likely N-dealkylation sites (tertiary alicyclic amines) is 1. The normalized spacial score (nSPS) is 16.0. The number of nitrogens with zero attached hydrogens (tertiary/aromatic N) is 1. The number of amides is 1. The van der Waals surface area contributed by atoms with Crippen LogP contribution in [0, 0.1) is 0 Å². The molecular weight excluding hydrogens is 244 g/mol. The predicted octanol–water partition coefficient (Wildman–Crippen LogP) is 1.81. The van der Waals surface area contributed by atoms with E-state index in [9.17, 15) is 9.59 Å². The number of carboxylic acid groups (broad SMARTS) is 1. The van der Waals surface area contributed by atoms with Crippen LogP contribution in [-0.4, -0.2) is 41.5 Å². The van der Waals surface area contributed by atoms with Crippen molar-refractivity contribution in [3.8, 4) is 0 Å². The van der Waals surface area contributed by atoms with Crippen molar-refractivity contribution >= 4 is 17.6 Å². The van der Waals surface area contributed by atoms with Crippen LogP contribution >= 0.6 is 0 Å². The molecule has 0 aromatic heterocycles. The summed E-state index contributed by atoms with van der Waals surface area (Å²) in [5.74, 6) is -1.19. The topological polar surface area (TPSA) is 69.6 Å². The largest absolute Gasteiger partial charge is 0.478 e. The lowest BCUT2D eigenvalue weighted by molar-refractivity contribution is -0.117. The van der Waals surface area contributed by atoms with Crippen molar-refractivity contribution in [2.45, 2.75) is 19.3 Å². The van der Waals surface area contributed by atoms with Gasteiger partial charge in [0, 0.05) is 0 Å². The van der Waals surface area contributed by atoms with Gasteiger partial charge in [-0.1, -0.05) is 18.6 Å². The van der Waals surface area contributed by atoms with E-state index in [1.54, 1.807) is 18.2 Å². The number of para-hydroxylation sites is 1. The van der Waals surface area contributed by atoms with Crippen molar-refractivity contribution in [2.24, 2.45) is 0 Å². The van der Waals surface area contributed by atoms with E-state index in [0.717, 1.165) is 25.9 Å². The number of carboxylic acids is 1. The van der Waals surface area contributed by atoms with Crippen molar-refractivity contribution < 1.29 is 14.7 Å². The van der Waals surface area contributed by atoms with E-state index in [0.29, 0.717) is 12.2 Å². The number of nitrogens with one attached hydrogen (secondary N) is 1. The smallest absolute Gasteiger partial charge is 0.337 e. The molecule has 0 unspecified atom stereocenters. The Kier molecular flexibility index (Phi) is 4.52. The van der Waals surface area contributed by atoms with Crippen molar-refractivity contribution in [1.82, 2.24) is 4.90 Å². The van der Waals surface area contributed by atoms with E-state index >= 15 is 0 Å². The van der Waals surface area contributed by atoms with Gasteiger partial charge < -0.3 is 10.4 Å². The SMILES string of the molecule is O=C(CN1CCCCC1)Nc1ccccc1C(=O)O. The molecule has 1 heterocycles. The number of anilines is 1. The van der Waals surface area contributed by atoms with E-state index in [-0.39, 0.29) is 11.5 Å². The molecule has 1 aromatic carbocycles. The van der Waals surface area contributed by atoms with Crippen LogP contribution in [0.2, 0.25) is 0 Å². The summed E-state index contributed by atoms with van der Waals surface area (Å²) in [6, 6.07) is 6.45. The first-order chi connectivity index (χ1) is 9.16. The van der Waals surface area contributed by atoms with Crippen molar-refractivity contribution in [2.75, 3.05) is 25.0 Å². The molecule has 5 heteroatoms. The minimum absolute atomic E-state index is 0.120. The summed E-state index contributed by atoms with van der Waals surface area (Å²) in [4.78, 5) is 25.0. The van der Waals surface area contributed by atoms with Gasteiger partial charge in [-0.15, -0.1) is 0 Å². The van der Waals surface area contributed by atoms with E-state index < -0.39 is 5.97 Å². The van der Waals surface area contributed by atoms with Gasteiger partial charge in [-0.25, -0.2) is 4.79 Å². The second-order valence-corrected chi connectivity index (χ2v) is 4.74. The molecule has 1 saturated heterocycles. The zero-order valence-electron chi connectivity index (χ0n) is 10.8. The van der Waals surface area contributed by atoms with Crippen LogP contribution in [0.15, 0.2) is 24.3 Å². The van der Waals surface area contributed by atoms with Gasteiger partial charge in [0.25, 0.3) is 0 Å². The predicted molar refractivity (Wildman–Crippen MR) is 72.3 cm³/mol. The lowest BCUT2D eigenvalue weighted by atomic mass is 10.1. The molecule has 0 aliphatic carbocycles. The molecule has 0 radical (unpaired) electrons. The molecule has 1 aliphatic heterocycles. The number of aromatic carboxylic acids is 1. The fourth-order valence-corrected chi connectivity index (χ4v) is 2.29. The quantitative estimate of drug-likeness (QED) is 0.868. The van der Waals surface area contributed by atoms with Gasteiger partial charge in [-0.05, 0) is 38.1 Å². The Labute approximate surface area is 112 Å². The first-order valence-corrected chi connectivity index (χ1v) is 6.51. The van der Waals surface area contributed by atoms with Gasteiger partial charge in [0.1, 0.15) is 0 Å². The number of rotatable bonds is 4. The summed E-state index contributed by atoms with van der Waals surface area (Å²) in [6.45, 7) is 2.20. The molecular formula is C14H18N2O3. The Balaban J connectivity index is 1.96. The fraction of sp³-hybridized carbons (Fsp3) is 0.429. The lowest BCUT2D eigenvalue weighted by Crippen LogP contribution is -2.37. The summed E-state index contributed by atoms with van der Waals surface area (Å²) >= 11 is 0. The molecule has 2 N–H and O–H groups in total. The lowest BCUT2D eigenvalue weighted by Gasteiger charge is -2.25. The minimum atomic E-state index is -1.03. The van der Waals surface area contributed by atoms with Gasteiger partial charge in [-0.2, -0.15) is 0 Å². The average molecular weight is 262 g/mol. The van der Waals surface area contributed by atoms with Crippen molar-refractivity contribution in [3.05, 3.63) is 29.8 Å². The maximum absolute atomic E-state index is 11.9. The van der Waals surface area contributed by atoms with Crippen molar-refractivity contribution in [3.63, 3.8) is 0 Å². The third-order valence-corrected chi connectivity index (χ3v) is 3.25. The zero-order valence-corrected chi connectivity index (χ0v) is 10.8. The van der Waals surface area contributed by atoms with Gasteiger partial charge >= 0.3 is 5.97 Å². The summed E-state index contributed by atoms with van der Waals surface area (Å²) < 4.78 is 0. The van der Waals surface area contributed by atoms with Crippen LogP contribution in [0.5, 0.6) is 0 Å². The van der Waals surface area contributed by atoms with Crippen molar-refractivity contribution in [1.29, 1.82) is 0 Å².